The molecule has 0 spiro atoms. The largest absolute Gasteiger partial charge is 0.311 e. The topological polar surface area (TPSA) is 8.17 Å². The maximum atomic E-state index is 2.48. The Kier molecular flexibility index (Phi) is 5.97. The van der Waals surface area contributed by atoms with Gasteiger partial charge in [0.1, 0.15) is 0 Å². The highest BCUT2D eigenvalue weighted by Gasteiger charge is 2.42. The van der Waals surface area contributed by atoms with Gasteiger partial charge in [-0.1, -0.05) is 121 Å². The fourth-order valence-corrected chi connectivity index (χ4v) is 7.73. The third-order valence-corrected chi connectivity index (χ3v) is 9.86. The van der Waals surface area contributed by atoms with Crippen molar-refractivity contribution < 1.29 is 0 Å². The van der Waals surface area contributed by atoms with Crippen molar-refractivity contribution in [1.82, 2.24) is 4.57 Å². The Bertz CT molecular complexity index is 2310. The number of aromatic nitrogens is 1. The predicted molar refractivity (Wildman–Crippen MR) is 193 cm³/mol. The van der Waals surface area contributed by atoms with Crippen molar-refractivity contribution in [2.75, 3.05) is 4.90 Å². The van der Waals surface area contributed by atoms with Gasteiger partial charge in [0.25, 0.3) is 0 Å². The molecule has 2 nitrogen and oxygen atoms in total. The normalized spacial score (nSPS) is 15.2. The lowest BCUT2D eigenvalue weighted by Gasteiger charge is -2.28. The van der Waals surface area contributed by atoms with E-state index < -0.39 is 0 Å². The summed E-state index contributed by atoms with van der Waals surface area (Å²) in [7, 11) is 0. The first kappa shape index (κ1) is 26.5. The average molecular weight is 589 g/mol. The Hall–Kier alpha value is -5.86. The summed E-state index contributed by atoms with van der Waals surface area (Å²) >= 11 is 0. The Labute approximate surface area is 269 Å². The van der Waals surface area contributed by atoms with Crippen LogP contribution < -0.4 is 4.90 Å². The molecule has 0 N–H and O–H groups in total. The molecule has 0 amide bonds. The SMILES string of the molecule is CC1(c2ccccc2)c2ccccc2-c2c1ccc1c3ccccc3n(-c3ccc(N(c4ccccc4)c4ccccc4)cc3)c21. The Morgan fingerprint density at radius 3 is 1.72 bits per heavy atom. The molecule has 1 atom stereocenters. The van der Waals surface area contributed by atoms with Gasteiger partial charge in [-0.25, -0.2) is 0 Å². The van der Waals surface area contributed by atoms with Gasteiger partial charge < -0.3 is 9.47 Å². The molecule has 8 aromatic rings. The van der Waals surface area contributed by atoms with E-state index in [9.17, 15) is 0 Å². The molecule has 1 heterocycles. The zero-order valence-corrected chi connectivity index (χ0v) is 25.6. The maximum Gasteiger partial charge on any atom is 0.0622 e. The first-order valence-corrected chi connectivity index (χ1v) is 16.0. The van der Waals surface area contributed by atoms with Crippen LogP contribution in [0.25, 0.3) is 38.6 Å². The molecule has 7 aromatic carbocycles. The van der Waals surface area contributed by atoms with E-state index >= 15 is 0 Å². The Balaban J connectivity index is 1.29. The van der Waals surface area contributed by atoms with E-state index in [0.29, 0.717) is 0 Å². The smallest absolute Gasteiger partial charge is 0.0622 e. The van der Waals surface area contributed by atoms with Gasteiger partial charge in [-0.2, -0.15) is 0 Å². The monoisotopic (exact) mass is 588 g/mol. The first-order valence-electron chi connectivity index (χ1n) is 16.0. The maximum absolute atomic E-state index is 2.48. The minimum atomic E-state index is -0.252. The van der Waals surface area contributed by atoms with Crippen LogP contribution in [0.4, 0.5) is 17.1 Å². The molecule has 0 radical (unpaired) electrons. The quantitative estimate of drug-likeness (QED) is 0.194. The summed E-state index contributed by atoms with van der Waals surface area (Å²) in [4.78, 5) is 2.31. The molecule has 0 aliphatic heterocycles. The molecule has 2 heteroatoms. The molecule has 1 aromatic heterocycles. The van der Waals surface area contributed by atoms with Crippen LogP contribution in [-0.2, 0) is 5.41 Å². The minimum Gasteiger partial charge on any atom is -0.311 e. The number of para-hydroxylation sites is 3. The van der Waals surface area contributed by atoms with E-state index in [0.717, 1.165) is 22.7 Å². The van der Waals surface area contributed by atoms with Crippen LogP contribution in [0.2, 0.25) is 0 Å². The van der Waals surface area contributed by atoms with E-state index in [1.807, 2.05) is 0 Å². The number of hydrogen-bond donors (Lipinski definition) is 0. The van der Waals surface area contributed by atoms with Gasteiger partial charge in [0.2, 0.25) is 0 Å². The van der Waals surface area contributed by atoms with Crippen molar-refractivity contribution in [3.05, 3.63) is 193 Å². The number of benzene rings is 7. The van der Waals surface area contributed by atoms with Crippen molar-refractivity contribution in [3.63, 3.8) is 0 Å². The van der Waals surface area contributed by atoms with Crippen LogP contribution in [0.15, 0.2) is 176 Å². The van der Waals surface area contributed by atoms with E-state index in [4.69, 9.17) is 0 Å². The molecule has 218 valence electrons. The minimum absolute atomic E-state index is 0.252. The Morgan fingerprint density at radius 2 is 1.02 bits per heavy atom. The lowest BCUT2D eigenvalue weighted by Crippen LogP contribution is -2.22. The molecule has 0 saturated carbocycles. The van der Waals surface area contributed by atoms with Gasteiger partial charge in [-0.3, -0.25) is 0 Å². The lowest BCUT2D eigenvalue weighted by atomic mass is 9.74. The molecular formula is C44H32N2. The van der Waals surface area contributed by atoms with Gasteiger partial charge in [-0.05, 0) is 83.8 Å². The summed E-state index contributed by atoms with van der Waals surface area (Å²) < 4.78 is 2.48. The average Bonchev–Trinajstić information content (AvgIpc) is 3.60. The number of anilines is 3. The van der Waals surface area contributed by atoms with E-state index in [1.54, 1.807) is 0 Å². The fourth-order valence-electron chi connectivity index (χ4n) is 7.73. The molecule has 0 saturated heterocycles. The second kappa shape index (κ2) is 10.4. The molecule has 1 aliphatic carbocycles. The summed E-state index contributed by atoms with van der Waals surface area (Å²) in [5.41, 5.74) is 13.4. The zero-order valence-electron chi connectivity index (χ0n) is 25.6. The van der Waals surface area contributed by atoms with E-state index in [1.165, 1.54) is 49.6 Å². The van der Waals surface area contributed by atoms with Gasteiger partial charge in [0.15, 0.2) is 0 Å². The zero-order chi connectivity index (χ0) is 30.7. The number of rotatable bonds is 5. The Morgan fingerprint density at radius 1 is 0.457 bits per heavy atom. The summed E-state index contributed by atoms with van der Waals surface area (Å²) in [6, 6.07) is 63.7. The second-order valence-corrected chi connectivity index (χ2v) is 12.3. The summed E-state index contributed by atoms with van der Waals surface area (Å²) in [6.45, 7) is 2.39. The second-order valence-electron chi connectivity index (χ2n) is 12.3. The summed E-state index contributed by atoms with van der Waals surface area (Å²) in [5.74, 6) is 0. The van der Waals surface area contributed by atoms with Gasteiger partial charge in [0.05, 0.1) is 11.0 Å². The van der Waals surface area contributed by atoms with Crippen LogP contribution in [0, 0.1) is 0 Å². The molecular weight excluding hydrogens is 556 g/mol. The van der Waals surface area contributed by atoms with Crippen molar-refractivity contribution in [2.24, 2.45) is 0 Å². The van der Waals surface area contributed by atoms with Crippen LogP contribution in [-0.4, -0.2) is 4.57 Å². The van der Waals surface area contributed by atoms with Crippen LogP contribution >= 0.6 is 0 Å². The number of hydrogen-bond acceptors (Lipinski definition) is 1. The third kappa shape index (κ3) is 3.83. The highest BCUT2D eigenvalue weighted by atomic mass is 15.1. The van der Waals surface area contributed by atoms with Crippen molar-refractivity contribution in [1.29, 1.82) is 0 Å². The molecule has 0 bridgehead atoms. The third-order valence-electron chi connectivity index (χ3n) is 9.86. The molecule has 9 rings (SSSR count). The summed E-state index contributed by atoms with van der Waals surface area (Å²) in [5, 5.41) is 2.55. The van der Waals surface area contributed by atoms with Gasteiger partial charge in [-0.15, -0.1) is 0 Å². The highest BCUT2D eigenvalue weighted by molar-refractivity contribution is 6.15. The van der Waals surface area contributed by atoms with Gasteiger partial charge >= 0.3 is 0 Å². The molecule has 46 heavy (non-hydrogen) atoms. The van der Waals surface area contributed by atoms with Gasteiger partial charge in [0, 0.05) is 44.5 Å². The standard InChI is InChI=1S/C44H32N2/c1-44(31-15-5-2-6-16-31)39-23-13-11-22-38(39)42-40(44)30-29-37-36-21-12-14-24-41(36)46(43(37)42)35-27-25-34(26-28-35)45(32-17-7-3-8-18-32)33-19-9-4-10-20-33/h2-30H,1H3. The molecule has 1 unspecified atom stereocenters. The summed E-state index contributed by atoms with van der Waals surface area (Å²) in [6.07, 6.45) is 0. The van der Waals surface area contributed by atoms with E-state index in [2.05, 4.69) is 192 Å². The van der Waals surface area contributed by atoms with Crippen LogP contribution in [0.1, 0.15) is 23.6 Å². The van der Waals surface area contributed by atoms with Crippen molar-refractivity contribution in [3.8, 4) is 16.8 Å². The molecule has 0 fully saturated rings. The molecule has 1 aliphatic rings. The lowest BCUT2D eigenvalue weighted by molar-refractivity contribution is 0.714. The van der Waals surface area contributed by atoms with Crippen molar-refractivity contribution >= 4 is 38.9 Å². The van der Waals surface area contributed by atoms with E-state index in [-0.39, 0.29) is 5.41 Å². The number of nitrogens with zero attached hydrogens (tertiary/aromatic N) is 2. The first-order chi connectivity index (χ1) is 22.7. The van der Waals surface area contributed by atoms with Crippen LogP contribution in [0.5, 0.6) is 0 Å². The van der Waals surface area contributed by atoms with Crippen LogP contribution in [0.3, 0.4) is 0 Å². The number of fused-ring (bicyclic) bond motifs is 7. The predicted octanol–water partition coefficient (Wildman–Crippen LogP) is 11.6. The van der Waals surface area contributed by atoms with Crippen molar-refractivity contribution in [2.45, 2.75) is 12.3 Å². The highest BCUT2D eigenvalue weighted by Crippen LogP contribution is 2.55. The fraction of sp³-hybridized carbons (Fsp3) is 0.0455.